The van der Waals surface area contributed by atoms with E-state index in [1.807, 2.05) is 6.92 Å². The lowest BCUT2D eigenvalue weighted by atomic mass is 10.1. The molecule has 45 heavy (non-hydrogen) atoms. The summed E-state index contributed by atoms with van der Waals surface area (Å²) in [5.41, 5.74) is 0.550. The number of aromatic nitrogens is 2. The molecule has 0 saturated carbocycles. The van der Waals surface area contributed by atoms with Gasteiger partial charge in [-0.3, -0.25) is 9.63 Å². The second-order valence-electron chi connectivity index (χ2n) is 9.96. The molecule has 1 fully saturated rings. The second-order valence-corrected chi connectivity index (χ2v) is 11.6. The zero-order valence-electron chi connectivity index (χ0n) is 24.2. The van der Waals surface area contributed by atoms with Crippen molar-refractivity contribution in [3.8, 4) is 16.9 Å². The molecule has 0 spiro atoms. The molecular formula is C27H29F3N6O8S. The van der Waals surface area contributed by atoms with Crippen LogP contribution in [0.15, 0.2) is 64.8 Å². The van der Waals surface area contributed by atoms with Crippen molar-refractivity contribution in [1.29, 1.82) is 0 Å². The number of rotatable bonds is 9. The van der Waals surface area contributed by atoms with E-state index in [0.717, 1.165) is 28.4 Å². The third-order valence-corrected chi connectivity index (χ3v) is 7.82. The first-order valence-corrected chi connectivity index (χ1v) is 14.9. The Kier molecular flexibility index (Phi) is 9.84. The standard InChI is InChI=1S/C27H29F3N6O8S/c1-17-4-6-20(7-5-17)24-16-25(27(28,29)30)31-35(24)21-8-10-23(11-9-21)45(40,41)32-26(38)43-22-12-14-34(15-13-22)36(39)33-44-19(3)42-18(2)37/h4-11,16,19,22H,12-15H2,1-3H3,(H,32,38)/b36-33-. The Balaban J connectivity index is 1.38. The lowest BCUT2D eigenvalue weighted by Crippen LogP contribution is -2.43. The molecular weight excluding hydrogens is 625 g/mol. The Labute approximate surface area is 255 Å². The van der Waals surface area contributed by atoms with Crippen molar-refractivity contribution in [2.75, 3.05) is 13.1 Å². The molecule has 1 aliphatic heterocycles. The molecule has 1 atom stereocenters. The van der Waals surface area contributed by atoms with Crippen LogP contribution in [0.25, 0.3) is 16.9 Å². The van der Waals surface area contributed by atoms with Gasteiger partial charge < -0.3 is 14.7 Å². The zero-order valence-corrected chi connectivity index (χ0v) is 25.0. The summed E-state index contributed by atoms with van der Waals surface area (Å²) < 4.78 is 78.9. The maximum Gasteiger partial charge on any atom is 0.435 e. The van der Waals surface area contributed by atoms with Gasteiger partial charge in [-0.2, -0.15) is 18.3 Å². The Bertz CT molecular complexity index is 1650. The predicted molar refractivity (Wildman–Crippen MR) is 149 cm³/mol. The predicted octanol–water partition coefficient (Wildman–Crippen LogP) is 4.46. The van der Waals surface area contributed by atoms with Crippen LogP contribution < -0.4 is 4.72 Å². The molecule has 1 amide bonds. The third-order valence-electron chi connectivity index (χ3n) is 6.49. The van der Waals surface area contributed by atoms with E-state index in [-0.39, 0.29) is 47.2 Å². The van der Waals surface area contributed by atoms with Crippen molar-refractivity contribution in [2.45, 2.75) is 57.1 Å². The molecule has 242 valence electrons. The number of nitrogens with zero attached hydrogens (tertiary/aromatic N) is 5. The number of carbonyl (C=O) groups is 2. The number of hydrazine groups is 1. The Morgan fingerprint density at radius 1 is 1.11 bits per heavy atom. The first-order chi connectivity index (χ1) is 21.1. The van der Waals surface area contributed by atoms with E-state index in [2.05, 4.69) is 15.1 Å². The van der Waals surface area contributed by atoms with Gasteiger partial charge in [0.1, 0.15) is 6.10 Å². The van der Waals surface area contributed by atoms with E-state index in [1.165, 1.54) is 31.0 Å². The lowest BCUT2D eigenvalue weighted by molar-refractivity contribution is -0.715. The van der Waals surface area contributed by atoms with Gasteiger partial charge in [0.05, 0.1) is 34.3 Å². The van der Waals surface area contributed by atoms with Crippen LogP contribution in [-0.2, 0) is 35.3 Å². The Hall–Kier alpha value is -4.87. The average Bonchev–Trinajstić information content (AvgIpc) is 3.42. The van der Waals surface area contributed by atoms with Crippen LogP contribution in [0.2, 0.25) is 0 Å². The van der Waals surface area contributed by atoms with E-state index in [0.29, 0.717) is 5.56 Å². The van der Waals surface area contributed by atoms with Gasteiger partial charge in [0.15, 0.2) is 5.69 Å². The first kappa shape index (κ1) is 33.0. The molecule has 1 saturated heterocycles. The first-order valence-electron chi connectivity index (χ1n) is 13.5. The summed E-state index contributed by atoms with van der Waals surface area (Å²) in [4.78, 5) is 27.9. The van der Waals surface area contributed by atoms with Gasteiger partial charge in [-0.1, -0.05) is 29.8 Å². The molecule has 18 heteroatoms. The fraction of sp³-hybridized carbons (Fsp3) is 0.370. The van der Waals surface area contributed by atoms with E-state index in [9.17, 15) is 36.4 Å². The zero-order chi connectivity index (χ0) is 32.9. The monoisotopic (exact) mass is 654 g/mol. The molecule has 0 aliphatic carbocycles. The number of ether oxygens (including phenoxy) is 2. The maximum atomic E-state index is 13.5. The number of hydrogen-bond acceptors (Lipinski definition) is 10. The van der Waals surface area contributed by atoms with E-state index in [4.69, 9.17) is 9.57 Å². The number of aryl methyl sites for hydroxylation is 1. The minimum Gasteiger partial charge on any atom is -0.569 e. The molecule has 1 unspecified atom stereocenters. The number of piperidine rings is 1. The number of esters is 1. The molecule has 1 N–H and O–H groups in total. The van der Waals surface area contributed by atoms with Crippen LogP contribution in [0.4, 0.5) is 18.0 Å². The van der Waals surface area contributed by atoms with Crippen molar-refractivity contribution >= 4 is 22.1 Å². The molecule has 1 aromatic heterocycles. The van der Waals surface area contributed by atoms with Gasteiger partial charge in [0, 0.05) is 32.3 Å². The fourth-order valence-corrected chi connectivity index (χ4v) is 5.18. The number of halogens is 3. The van der Waals surface area contributed by atoms with Crippen molar-refractivity contribution in [1.82, 2.24) is 19.5 Å². The highest BCUT2D eigenvalue weighted by Crippen LogP contribution is 2.33. The highest BCUT2D eigenvalue weighted by molar-refractivity contribution is 7.90. The summed E-state index contributed by atoms with van der Waals surface area (Å²) in [6.07, 6.45) is -7.41. The molecule has 0 radical (unpaired) electrons. The highest BCUT2D eigenvalue weighted by Gasteiger charge is 2.35. The van der Waals surface area contributed by atoms with Gasteiger partial charge in [-0.25, -0.2) is 22.6 Å². The van der Waals surface area contributed by atoms with Crippen molar-refractivity contribution in [3.63, 3.8) is 0 Å². The second kappa shape index (κ2) is 13.4. The van der Waals surface area contributed by atoms with Crippen LogP contribution in [0.1, 0.15) is 37.9 Å². The number of nitrogens with one attached hydrogen (secondary N) is 1. The number of hydrogen-bond donors (Lipinski definition) is 1. The minimum absolute atomic E-state index is 0.0958. The molecule has 0 bridgehead atoms. The largest absolute Gasteiger partial charge is 0.569 e. The van der Waals surface area contributed by atoms with Crippen LogP contribution in [0.3, 0.4) is 0 Å². The van der Waals surface area contributed by atoms with Crippen molar-refractivity contribution < 1.29 is 50.5 Å². The molecule has 2 aromatic carbocycles. The van der Waals surface area contributed by atoms with E-state index in [1.54, 1.807) is 29.0 Å². The Morgan fingerprint density at radius 3 is 2.31 bits per heavy atom. The topological polar surface area (TPSA) is 167 Å². The van der Waals surface area contributed by atoms with Crippen molar-refractivity contribution in [2.24, 2.45) is 5.28 Å². The van der Waals surface area contributed by atoms with E-state index >= 15 is 0 Å². The normalized spacial score (nSPS) is 15.3. The van der Waals surface area contributed by atoms with Gasteiger partial charge in [0.25, 0.3) is 16.3 Å². The van der Waals surface area contributed by atoms with Gasteiger partial charge >= 0.3 is 18.2 Å². The quantitative estimate of drug-likeness (QED) is 0.114. The molecule has 2 heterocycles. The number of sulfonamides is 1. The summed E-state index contributed by atoms with van der Waals surface area (Å²) in [5.74, 6) is -0.616. The summed E-state index contributed by atoms with van der Waals surface area (Å²) in [7, 11) is -4.41. The van der Waals surface area contributed by atoms with Gasteiger partial charge in [0.2, 0.25) is 5.28 Å². The Morgan fingerprint density at radius 2 is 1.73 bits per heavy atom. The molecule has 4 rings (SSSR count). The number of alkyl halides is 3. The average molecular weight is 655 g/mol. The summed E-state index contributed by atoms with van der Waals surface area (Å²) >= 11 is 0. The highest BCUT2D eigenvalue weighted by atomic mass is 32.2. The SMILES string of the molecule is CC(=O)OC(C)O/N=[N+](\[O-])N1CCC(OC(=O)NS(=O)(=O)c2ccc(-n3nc(C(F)(F)F)cc3-c3ccc(C)cc3)cc2)CC1. The molecule has 3 aromatic rings. The van der Waals surface area contributed by atoms with Crippen LogP contribution >= 0.6 is 0 Å². The van der Waals surface area contributed by atoms with E-state index < -0.39 is 46.4 Å². The summed E-state index contributed by atoms with van der Waals surface area (Å²) in [5, 5.41) is 20.3. The van der Waals surface area contributed by atoms with Gasteiger partial charge in [-0.05, 0) is 37.3 Å². The third kappa shape index (κ3) is 8.62. The minimum atomic E-state index is -4.71. The summed E-state index contributed by atoms with van der Waals surface area (Å²) in [6.45, 7) is 4.56. The van der Waals surface area contributed by atoms with Crippen LogP contribution in [0, 0.1) is 12.1 Å². The number of amides is 1. The fourth-order valence-electron chi connectivity index (χ4n) is 4.30. The van der Waals surface area contributed by atoms with Gasteiger partial charge in [-0.15, -0.1) is 5.01 Å². The smallest absolute Gasteiger partial charge is 0.435 e. The number of carbonyl (C=O) groups excluding carboxylic acids is 2. The molecule has 14 nitrogen and oxygen atoms in total. The maximum absolute atomic E-state index is 13.5. The number of benzene rings is 2. The van der Waals surface area contributed by atoms with Crippen molar-refractivity contribution in [3.05, 3.63) is 71.1 Å². The van der Waals surface area contributed by atoms with Crippen LogP contribution in [-0.4, -0.2) is 65.7 Å². The summed E-state index contributed by atoms with van der Waals surface area (Å²) in [6, 6.07) is 12.4. The molecule has 1 aliphatic rings. The lowest BCUT2D eigenvalue weighted by Gasteiger charge is -2.28. The van der Waals surface area contributed by atoms with Crippen LogP contribution in [0.5, 0.6) is 0 Å².